The molecule has 0 spiro atoms. The summed E-state index contributed by atoms with van der Waals surface area (Å²) in [6, 6.07) is 3.67. The van der Waals surface area contributed by atoms with Crippen molar-refractivity contribution in [2.75, 3.05) is 26.2 Å². The Morgan fingerprint density at radius 1 is 1.03 bits per heavy atom. The molecule has 185 valence electrons. The van der Waals surface area contributed by atoms with E-state index in [4.69, 9.17) is 0 Å². The number of amides is 1. The summed E-state index contributed by atoms with van der Waals surface area (Å²) in [4.78, 5) is 27.9. The van der Waals surface area contributed by atoms with Gasteiger partial charge in [-0.25, -0.2) is 27.5 Å². The molecule has 0 unspecified atom stereocenters. The number of aromatic nitrogens is 5. The largest absolute Gasteiger partial charge is 0.346 e. The Labute approximate surface area is 202 Å². The summed E-state index contributed by atoms with van der Waals surface area (Å²) in [5.41, 5.74) is 1.66. The molecule has 4 aromatic rings. The molecule has 0 saturated carbocycles. The van der Waals surface area contributed by atoms with Gasteiger partial charge in [0.05, 0.1) is 17.5 Å². The van der Waals surface area contributed by atoms with Crippen LogP contribution in [0.25, 0.3) is 22.3 Å². The number of hydrogen-bond donors (Lipinski definition) is 1. The van der Waals surface area contributed by atoms with Gasteiger partial charge in [-0.05, 0) is 25.0 Å². The van der Waals surface area contributed by atoms with Gasteiger partial charge in [-0.3, -0.25) is 14.4 Å². The highest BCUT2D eigenvalue weighted by Crippen LogP contribution is 2.30. The van der Waals surface area contributed by atoms with Crippen molar-refractivity contribution < 1.29 is 22.4 Å². The molecular weight excluding hydrogens is 478 g/mol. The lowest BCUT2D eigenvalue weighted by molar-refractivity contribution is 0.0510. The van der Waals surface area contributed by atoms with E-state index in [0.717, 1.165) is 28.3 Å². The average molecular weight is 498 g/mol. The number of benzene rings is 1. The number of fused-ring (bicyclic) bond motifs is 1. The second kappa shape index (κ2) is 8.70. The SMILES string of the molecule is O=C(c1cc(F)c(F)c(F)c1F)N1CCC(N2C[C](n3cc(-c4ncnc5[nH]ccc45)cn3)C2)CC1. The van der Waals surface area contributed by atoms with Crippen LogP contribution in [0.1, 0.15) is 23.2 Å². The van der Waals surface area contributed by atoms with Crippen LogP contribution in [0.5, 0.6) is 0 Å². The lowest BCUT2D eigenvalue weighted by Gasteiger charge is -2.46. The number of rotatable bonds is 4. The number of carbonyl (C=O) groups is 1. The van der Waals surface area contributed by atoms with Crippen LogP contribution >= 0.6 is 0 Å². The molecule has 36 heavy (non-hydrogen) atoms. The van der Waals surface area contributed by atoms with Gasteiger partial charge in [0.2, 0.25) is 0 Å². The monoisotopic (exact) mass is 498 g/mol. The summed E-state index contributed by atoms with van der Waals surface area (Å²) >= 11 is 0. The Hall–Kier alpha value is -3.80. The summed E-state index contributed by atoms with van der Waals surface area (Å²) in [7, 11) is 0. The van der Waals surface area contributed by atoms with E-state index in [9.17, 15) is 22.4 Å². The lowest BCUT2D eigenvalue weighted by Crippen LogP contribution is -2.56. The summed E-state index contributed by atoms with van der Waals surface area (Å²) in [6.07, 6.45) is 8.30. The topological polar surface area (TPSA) is 82.9 Å². The molecule has 2 aliphatic heterocycles. The normalized spacial score (nSPS) is 17.6. The van der Waals surface area contributed by atoms with E-state index in [0.29, 0.717) is 45.1 Å². The van der Waals surface area contributed by atoms with E-state index in [1.807, 2.05) is 23.1 Å². The fourth-order valence-electron chi connectivity index (χ4n) is 4.88. The first-order valence-electron chi connectivity index (χ1n) is 11.4. The van der Waals surface area contributed by atoms with Crippen LogP contribution in [0.15, 0.2) is 37.1 Å². The molecule has 1 radical (unpaired) electrons. The Morgan fingerprint density at radius 3 is 2.58 bits per heavy atom. The number of likely N-dealkylation sites (tertiary alicyclic amines) is 2. The number of aromatic amines is 1. The Bertz CT molecular complexity index is 1450. The highest BCUT2D eigenvalue weighted by molar-refractivity contribution is 5.94. The molecule has 5 heterocycles. The maximum Gasteiger partial charge on any atom is 0.257 e. The van der Waals surface area contributed by atoms with E-state index in [1.54, 1.807) is 6.20 Å². The number of carbonyl (C=O) groups excluding carboxylic acids is 1. The second-order valence-electron chi connectivity index (χ2n) is 8.98. The van der Waals surface area contributed by atoms with Crippen LogP contribution in [0.4, 0.5) is 17.6 Å². The molecule has 1 N–H and O–H groups in total. The van der Waals surface area contributed by atoms with Crippen LogP contribution in [0.2, 0.25) is 0 Å². The number of nitrogens with one attached hydrogen (secondary N) is 1. The van der Waals surface area contributed by atoms with Gasteiger partial charge in [0.1, 0.15) is 18.0 Å². The Morgan fingerprint density at radius 2 is 1.81 bits per heavy atom. The fraction of sp³-hybridized carbons (Fsp3) is 0.292. The van der Waals surface area contributed by atoms with Crippen molar-refractivity contribution in [1.29, 1.82) is 0 Å². The number of hydrogen-bond acceptors (Lipinski definition) is 5. The van der Waals surface area contributed by atoms with E-state index < -0.39 is 34.7 Å². The molecule has 6 rings (SSSR count). The predicted molar refractivity (Wildman–Crippen MR) is 121 cm³/mol. The summed E-state index contributed by atoms with van der Waals surface area (Å²) in [6.45, 7) is 2.04. The molecule has 3 aromatic heterocycles. The van der Waals surface area contributed by atoms with Gasteiger partial charge < -0.3 is 9.88 Å². The molecule has 1 aromatic carbocycles. The standard InChI is InChI=1S/C24H20F4N7O/c25-18-7-17(19(26)21(28)20(18)27)24(36)33-5-2-14(3-6-33)34-10-15(11-34)35-9-13(8-32-35)22-16-1-4-29-23(16)31-12-30-22/h1,4,7-9,12,14H,2-3,5-6,10-11H2,(H,29,30,31). The molecule has 2 saturated heterocycles. The quantitative estimate of drug-likeness (QED) is 0.265. The maximum absolute atomic E-state index is 14.0. The molecular formula is C24H20F4N7O. The first kappa shape index (κ1) is 22.7. The van der Waals surface area contributed by atoms with Crippen molar-refractivity contribution in [2.24, 2.45) is 0 Å². The van der Waals surface area contributed by atoms with E-state index in [2.05, 4.69) is 25.0 Å². The van der Waals surface area contributed by atoms with Crippen LogP contribution < -0.4 is 0 Å². The third-order valence-electron chi connectivity index (χ3n) is 6.91. The number of piperidine rings is 1. The zero-order valence-corrected chi connectivity index (χ0v) is 18.9. The molecule has 0 aliphatic carbocycles. The minimum Gasteiger partial charge on any atom is -0.346 e. The smallest absolute Gasteiger partial charge is 0.257 e. The van der Waals surface area contributed by atoms with Gasteiger partial charge in [0, 0.05) is 55.6 Å². The van der Waals surface area contributed by atoms with Crippen LogP contribution in [0, 0.1) is 29.3 Å². The van der Waals surface area contributed by atoms with Crippen molar-refractivity contribution in [3.8, 4) is 11.3 Å². The van der Waals surface area contributed by atoms with E-state index >= 15 is 0 Å². The molecule has 2 aliphatic rings. The van der Waals surface area contributed by atoms with Crippen molar-refractivity contribution in [2.45, 2.75) is 18.9 Å². The van der Waals surface area contributed by atoms with Crippen molar-refractivity contribution >= 4 is 16.9 Å². The third kappa shape index (κ3) is 3.72. The van der Waals surface area contributed by atoms with Gasteiger partial charge >= 0.3 is 0 Å². The first-order chi connectivity index (χ1) is 17.4. The van der Waals surface area contributed by atoms with Crippen molar-refractivity contribution in [3.05, 3.63) is 71.9 Å². The van der Waals surface area contributed by atoms with Crippen LogP contribution in [0.3, 0.4) is 0 Å². The molecule has 0 bridgehead atoms. The van der Waals surface area contributed by atoms with Crippen molar-refractivity contribution in [3.63, 3.8) is 0 Å². The predicted octanol–water partition coefficient (Wildman–Crippen LogP) is 3.38. The highest BCUT2D eigenvalue weighted by atomic mass is 19.2. The lowest BCUT2D eigenvalue weighted by atomic mass is 9.97. The van der Waals surface area contributed by atoms with Crippen LogP contribution in [-0.4, -0.2) is 72.7 Å². The second-order valence-corrected chi connectivity index (χ2v) is 8.98. The number of nitrogens with zero attached hydrogens (tertiary/aromatic N) is 6. The minimum atomic E-state index is -1.98. The van der Waals surface area contributed by atoms with Crippen molar-refractivity contribution in [1.82, 2.24) is 34.5 Å². The summed E-state index contributed by atoms with van der Waals surface area (Å²) in [5, 5.41) is 5.41. The maximum atomic E-state index is 14.0. The van der Waals surface area contributed by atoms with Gasteiger partial charge in [-0.1, -0.05) is 0 Å². The van der Waals surface area contributed by atoms with Gasteiger partial charge in [-0.2, -0.15) is 5.10 Å². The van der Waals surface area contributed by atoms with Gasteiger partial charge in [0.25, 0.3) is 5.91 Å². The zero-order chi connectivity index (χ0) is 25.0. The average Bonchev–Trinajstić information content (AvgIpc) is 3.54. The van der Waals surface area contributed by atoms with Gasteiger partial charge in [0.15, 0.2) is 23.3 Å². The Balaban J connectivity index is 1.06. The summed E-state index contributed by atoms with van der Waals surface area (Å²) < 4.78 is 56.2. The number of halogens is 4. The van der Waals surface area contributed by atoms with Gasteiger partial charge in [-0.15, -0.1) is 0 Å². The third-order valence-corrected chi connectivity index (χ3v) is 6.91. The molecule has 0 atom stereocenters. The minimum absolute atomic E-state index is 0.209. The number of H-pyrrole nitrogens is 1. The Kier molecular flexibility index (Phi) is 5.47. The molecule has 8 nitrogen and oxygen atoms in total. The molecule has 12 heteroatoms. The van der Waals surface area contributed by atoms with Crippen LogP contribution in [-0.2, 0) is 0 Å². The first-order valence-corrected chi connectivity index (χ1v) is 11.4. The van der Waals surface area contributed by atoms with E-state index in [-0.39, 0.29) is 6.04 Å². The van der Waals surface area contributed by atoms with E-state index in [1.165, 1.54) is 11.2 Å². The summed E-state index contributed by atoms with van der Waals surface area (Å²) in [5.74, 6) is -8.00. The zero-order valence-electron chi connectivity index (χ0n) is 18.9. The highest BCUT2D eigenvalue weighted by Gasteiger charge is 2.37. The molecule has 1 amide bonds. The molecule has 2 fully saturated rings. The fourth-order valence-corrected chi connectivity index (χ4v) is 4.88.